The highest BCUT2D eigenvalue weighted by Gasteiger charge is 2.28. The molecule has 0 bridgehead atoms. The molecule has 0 spiro atoms. The fraction of sp³-hybridized carbons (Fsp3) is 0.314. The monoisotopic (exact) mass is 616 g/mol. The molecule has 8 nitrogen and oxygen atoms in total. The van der Waals surface area contributed by atoms with E-state index in [0.717, 1.165) is 23.3 Å². The van der Waals surface area contributed by atoms with Crippen molar-refractivity contribution in [1.29, 1.82) is 0 Å². The van der Waals surface area contributed by atoms with Gasteiger partial charge in [-0.15, -0.1) is 0 Å². The second-order valence-electron chi connectivity index (χ2n) is 10.3. The molecule has 0 fully saturated rings. The number of benzene rings is 3. The molecular weight excluding hydrogens is 576 g/mol. The van der Waals surface area contributed by atoms with Gasteiger partial charge in [0.25, 0.3) is 11.8 Å². The van der Waals surface area contributed by atoms with Crippen LogP contribution in [0.25, 0.3) is 6.08 Å². The van der Waals surface area contributed by atoms with E-state index < -0.39 is 24.5 Å². The summed E-state index contributed by atoms with van der Waals surface area (Å²) in [5.74, 6) is -1.06. The maximum Gasteiger partial charge on any atom is 0.323 e. The normalized spacial score (nSPS) is 11.8. The van der Waals surface area contributed by atoms with Crippen LogP contribution in [0.3, 0.4) is 0 Å². The van der Waals surface area contributed by atoms with E-state index >= 15 is 0 Å². The molecule has 9 heteroatoms. The quantitative estimate of drug-likeness (QED) is 0.150. The summed E-state index contributed by atoms with van der Waals surface area (Å²) in [7, 11) is 0. The number of aliphatic carboxylic acids is 1. The molecular formula is C35H40N2O6S. The van der Waals surface area contributed by atoms with Gasteiger partial charge in [-0.05, 0) is 56.0 Å². The summed E-state index contributed by atoms with van der Waals surface area (Å²) < 4.78 is 12.7. The highest BCUT2D eigenvalue weighted by molar-refractivity contribution is 7.80. The highest BCUT2D eigenvalue weighted by atomic mass is 32.1. The Morgan fingerprint density at radius 1 is 0.886 bits per heavy atom. The third kappa shape index (κ3) is 9.77. The summed E-state index contributed by atoms with van der Waals surface area (Å²) in [4.78, 5) is 41.4. The van der Waals surface area contributed by atoms with Crippen molar-refractivity contribution in [2.75, 3.05) is 19.6 Å². The molecule has 0 saturated heterocycles. The lowest BCUT2D eigenvalue weighted by Gasteiger charge is -2.28. The van der Waals surface area contributed by atoms with Gasteiger partial charge in [0, 0.05) is 24.2 Å². The summed E-state index contributed by atoms with van der Waals surface area (Å²) in [6, 6.07) is 24.3. The Kier molecular flexibility index (Phi) is 13.1. The van der Waals surface area contributed by atoms with Crippen molar-refractivity contribution < 1.29 is 29.0 Å². The van der Waals surface area contributed by atoms with Crippen molar-refractivity contribution in [2.24, 2.45) is 0 Å². The summed E-state index contributed by atoms with van der Waals surface area (Å²) in [6.07, 6.45) is 2.32. The van der Waals surface area contributed by atoms with Gasteiger partial charge in [-0.3, -0.25) is 19.3 Å². The first-order valence-electron chi connectivity index (χ1n) is 14.7. The number of nitrogens with zero attached hydrogens (tertiary/aromatic N) is 2. The zero-order valence-corrected chi connectivity index (χ0v) is 26.5. The molecule has 3 aromatic rings. The first-order valence-corrected chi connectivity index (χ1v) is 15.1. The van der Waals surface area contributed by atoms with Gasteiger partial charge in [0.2, 0.25) is 6.10 Å². The molecule has 1 N–H and O–H groups in total. The second kappa shape index (κ2) is 17.0. The van der Waals surface area contributed by atoms with Crippen LogP contribution >= 0.6 is 12.2 Å². The Bertz CT molecular complexity index is 1450. The number of thiocarbonyl (C=S) groups is 1. The predicted octanol–water partition coefficient (Wildman–Crippen LogP) is 6.70. The molecule has 0 aromatic heterocycles. The maximum atomic E-state index is 13.9. The largest absolute Gasteiger partial charge is 0.485 e. The lowest BCUT2D eigenvalue weighted by molar-refractivity contribution is -0.140. The van der Waals surface area contributed by atoms with Crippen LogP contribution in [-0.4, -0.2) is 57.3 Å². The van der Waals surface area contributed by atoms with Gasteiger partial charge < -0.3 is 19.5 Å². The average Bonchev–Trinajstić information content (AvgIpc) is 3.02. The van der Waals surface area contributed by atoms with Gasteiger partial charge in [0.1, 0.15) is 13.2 Å². The number of carboxylic acids is 1. The van der Waals surface area contributed by atoms with Crippen LogP contribution in [0, 0.1) is 0 Å². The Balaban J connectivity index is 2.05. The number of carbonyl (C=O) groups is 3. The molecule has 1 atom stereocenters. The first-order chi connectivity index (χ1) is 21.1. The van der Waals surface area contributed by atoms with Crippen LogP contribution in [0.1, 0.15) is 63.3 Å². The van der Waals surface area contributed by atoms with Crippen LogP contribution < -0.4 is 9.47 Å². The number of ether oxygens (including phenoxy) is 2. The van der Waals surface area contributed by atoms with Crippen molar-refractivity contribution in [3.8, 4) is 11.5 Å². The van der Waals surface area contributed by atoms with Gasteiger partial charge in [0.05, 0.1) is 4.99 Å². The average molecular weight is 617 g/mol. The minimum atomic E-state index is -1.16. The van der Waals surface area contributed by atoms with Gasteiger partial charge in [-0.1, -0.05) is 92.8 Å². The molecule has 3 aromatic carbocycles. The predicted molar refractivity (Wildman–Crippen MR) is 175 cm³/mol. The Morgan fingerprint density at radius 2 is 1.50 bits per heavy atom. The molecule has 0 saturated carbocycles. The molecule has 0 aliphatic rings. The van der Waals surface area contributed by atoms with Gasteiger partial charge in [-0.25, -0.2) is 0 Å². The molecule has 2 amide bonds. The van der Waals surface area contributed by atoms with E-state index in [1.807, 2.05) is 79.4 Å². The van der Waals surface area contributed by atoms with Crippen molar-refractivity contribution in [2.45, 2.75) is 53.2 Å². The summed E-state index contributed by atoms with van der Waals surface area (Å²) in [5.41, 5.74) is 2.56. The van der Waals surface area contributed by atoms with Crippen LogP contribution in [-0.2, 0) is 21.0 Å². The minimum absolute atomic E-state index is 0.151. The SMILES string of the molecule is CCCN(CCC)C(=O)C(Oc1cc(/C=C(\C)C(=O)N(CC(=O)O)C(C)=S)ccc1OCc1ccccc1)c1ccccc1. The van der Waals surface area contributed by atoms with Gasteiger partial charge in [-0.2, -0.15) is 0 Å². The molecule has 3 rings (SSSR count). The number of carboxylic acid groups (broad SMARTS) is 1. The van der Waals surface area contributed by atoms with E-state index in [2.05, 4.69) is 0 Å². The van der Waals surface area contributed by atoms with Crippen LogP contribution in [0.5, 0.6) is 11.5 Å². The fourth-order valence-corrected chi connectivity index (χ4v) is 4.75. The topological polar surface area (TPSA) is 96.4 Å². The number of hydrogen-bond acceptors (Lipinski definition) is 6. The van der Waals surface area contributed by atoms with Crippen LogP contribution in [0.4, 0.5) is 0 Å². The molecule has 232 valence electrons. The van der Waals surface area contributed by atoms with Crippen molar-refractivity contribution in [3.63, 3.8) is 0 Å². The molecule has 0 heterocycles. The molecule has 0 radical (unpaired) electrons. The maximum absolute atomic E-state index is 13.9. The van der Waals surface area contributed by atoms with E-state index in [4.69, 9.17) is 21.7 Å². The fourth-order valence-electron chi connectivity index (χ4n) is 4.60. The third-order valence-corrected chi connectivity index (χ3v) is 6.93. The molecule has 0 aliphatic carbocycles. The minimum Gasteiger partial charge on any atom is -0.485 e. The Hall–Kier alpha value is -4.50. The lowest BCUT2D eigenvalue weighted by atomic mass is 10.1. The lowest BCUT2D eigenvalue weighted by Crippen LogP contribution is -2.38. The molecule has 0 aliphatic heterocycles. The first kappa shape index (κ1) is 34.0. The number of amides is 2. The second-order valence-corrected chi connectivity index (χ2v) is 10.9. The van der Waals surface area contributed by atoms with Crippen LogP contribution in [0.2, 0.25) is 0 Å². The van der Waals surface area contributed by atoms with E-state index in [-0.39, 0.29) is 23.1 Å². The number of rotatable bonds is 15. The zero-order valence-electron chi connectivity index (χ0n) is 25.7. The Labute approximate surface area is 264 Å². The summed E-state index contributed by atoms with van der Waals surface area (Å²) in [6.45, 7) is 8.13. The zero-order chi connectivity index (χ0) is 32.1. The smallest absolute Gasteiger partial charge is 0.323 e. The number of carbonyl (C=O) groups excluding carboxylic acids is 2. The van der Waals surface area contributed by atoms with Crippen molar-refractivity contribution in [3.05, 3.63) is 101 Å². The van der Waals surface area contributed by atoms with Crippen molar-refractivity contribution in [1.82, 2.24) is 9.80 Å². The standard InChI is InChI=1S/C35H40N2O6S/c1-5-19-36(20-6-2)35(41)33(29-15-11-8-12-16-29)43-31-22-28(17-18-30(31)42-24-27-13-9-7-10-14-27)21-25(3)34(40)37(26(4)44)23-32(38)39/h7-18,21-22,33H,5-6,19-20,23-24H2,1-4H3,(H,38,39)/b25-21+. The summed E-state index contributed by atoms with van der Waals surface area (Å²) in [5, 5.41) is 9.25. The van der Waals surface area contributed by atoms with Gasteiger partial charge >= 0.3 is 5.97 Å². The Morgan fingerprint density at radius 3 is 2.07 bits per heavy atom. The number of hydrogen-bond donors (Lipinski definition) is 1. The highest BCUT2D eigenvalue weighted by Crippen LogP contribution is 2.35. The van der Waals surface area contributed by atoms with E-state index in [1.54, 1.807) is 31.2 Å². The molecule has 44 heavy (non-hydrogen) atoms. The molecule has 1 unspecified atom stereocenters. The van der Waals surface area contributed by atoms with Crippen LogP contribution in [0.15, 0.2) is 84.4 Å². The summed E-state index contributed by atoms with van der Waals surface area (Å²) >= 11 is 5.12. The van der Waals surface area contributed by atoms with E-state index in [9.17, 15) is 19.5 Å². The van der Waals surface area contributed by atoms with Gasteiger partial charge in [0.15, 0.2) is 11.5 Å². The van der Waals surface area contributed by atoms with Crippen molar-refractivity contribution >= 4 is 41.1 Å². The van der Waals surface area contributed by atoms with E-state index in [0.29, 0.717) is 35.7 Å². The van der Waals surface area contributed by atoms with E-state index in [1.165, 1.54) is 6.92 Å². The third-order valence-electron chi connectivity index (χ3n) is 6.71.